The van der Waals surface area contributed by atoms with Crippen LogP contribution >= 0.6 is 0 Å². The molecule has 0 aliphatic rings. The molecule has 3 nitrogen and oxygen atoms in total. The van der Waals surface area contributed by atoms with E-state index in [1.807, 2.05) is 49.4 Å². The number of hydrogen-bond acceptors (Lipinski definition) is 3. The zero-order valence-electron chi connectivity index (χ0n) is 15.4. The molecule has 0 aliphatic heterocycles. The van der Waals surface area contributed by atoms with Gasteiger partial charge in [0.15, 0.2) is 0 Å². The third-order valence-corrected chi connectivity index (χ3v) is 4.12. The number of phenols is 2. The minimum absolute atomic E-state index is 0.198. The van der Waals surface area contributed by atoms with Crippen LogP contribution in [0.5, 0.6) is 11.5 Å². The van der Waals surface area contributed by atoms with Crippen LogP contribution in [0.1, 0.15) is 31.4 Å². The minimum atomic E-state index is -0.877. The van der Waals surface area contributed by atoms with Crippen LogP contribution in [-0.2, 0) is 10.3 Å². The summed E-state index contributed by atoms with van der Waals surface area (Å²) in [7, 11) is 0. The molecular formula is C23H26O3. The van der Waals surface area contributed by atoms with E-state index in [1.165, 1.54) is 0 Å². The number of phenolic OH excluding ortho intramolecular Hbond substituents is 2. The molecule has 0 amide bonds. The number of aromatic hydroxyl groups is 2. The van der Waals surface area contributed by atoms with E-state index in [4.69, 9.17) is 4.74 Å². The second kappa shape index (κ2) is 9.07. The monoisotopic (exact) mass is 350 g/mol. The fourth-order valence-electron chi connectivity index (χ4n) is 2.99. The highest BCUT2D eigenvalue weighted by Gasteiger charge is 2.38. The maximum absolute atomic E-state index is 9.73. The van der Waals surface area contributed by atoms with Crippen molar-refractivity contribution in [2.45, 2.75) is 25.9 Å². The number of ether oxygens (including phenoxy) is 1. The van der Waals surface area contributed by atoms with Crippen molar-refractivity contribution in [2.24, 2.45) is 0 Å². The first-order valence-electron chi connectivity index (χ1n) is 8.77. The van der Waals surface area contributed by atoms with Gasteiger partial charge in [0, 0.05) is 6.61 Å². The molecule has 0 saturated heterocycles. The fourth-order valence-corrected chi connectivity index (χ4v) is 2.99. The van der Waals surface area contributed by atoms with E-state index < -0.39 is 5.60 Å². The third-order valence-electron chi connectivity index (χ3n) is 4.12. The molecule has 0 spiro atoms. The lowest BCUT2D eigenvalue weighted by Crippen LogP contribution is -2.33. The van der Waals surface area contributed by atoms with Gasteiger partial charge in [-0.15, -0.1) is 0 Å². The van der Waals surface area contributed by atoms with Crippen LogP contribution in [0.25, 0.3) is 0 Å². The van der Waals surface area contributed by atoms with Crippen LogP contribution in [0.2, 0.25) is 0 Å². The highest BCUT2D eigenvalue weighted by atomic mass is 16.5. The summed E-state index contributed by atoms with van der Waals surface area (Å²) in [5, 5.41) is 19.5. The van der Waals surface area contributed by atoms with Gasteiger partial charge in [0.1, 0.15) is 17.1 Å². The summed E-state index contributed by atoms with van der Waals surface area (Å²) in [5.41, 5.74) is 1.82. The molecule has 0 fully saturated rings. The van der Waals surface area contributed by atoms with E-state index in [0.29, 0.717) is 6.61 Å². The predicted molar refractivity (Wildman–Crippen MR) is 106 cm³/mol. The maximum Gasteiger partial charge on any atom is 0.143 e. The van der Waals surface area contributed by atoms with Crippen LogP contribution in [-0.4, -0.2) is 16.8 Å². The summed E-state index contributed by atoms with van der Waals surface area (Å²) in [6, 6.07) is 14.1. The average Bonchev–Trinajstić information content (AvgIpc) is 2.65. The van der Waals surface area contributed by atoms with Gasteiger partial charge in [0.25, 0.3) is 0 Å². The molecule has 0 atom stereocenters. The molecule has 136 valence electrons. The predicted octanol–water partition coefficient (Wildman–Crippen LogP) is 5.46. The van der Waals surface area contributed by atoms with Crippen LogP contribution in [0, 0.1) is 0 Å². The summed E-state index contributed by atoms with van der Waals surface area (Å²) >= 11 is 0. The topological polar surface area (TPSA) is 49.7 Å². The Balaban J connectivity index is 2.81. The fraction of sp³-hybridized carbons (Fsp3) is 0.217. The first-order valence-corrected chi connectivity index (χ1v) is 8.77. The molecule has 2 aromatic rings. The molecule has 0 heterocycles. The smallest absolute Gasteiger partial charge is 0.143 e. The molecule has 3 heteroatoms. The normalized spacial score (nSPS) is 12.5. The Bertz CT molecular complexity index is 723. The van der Waals surface area contributed by atoms with Crippen molar-refractivity contribution in [3.8, 4) is 11.5 Å². The minimum Gasteiger partial charge on any atom is -0.508 e. The molecule has 0 unspecified atom stereocenters. The van der Waals surface area contributed by atoms with Gasteiger partial charge in [-0.05, 0) is 54.3 Å². The standard InChI is InChI=1S/C23H26O3/c1-4-7-18(8-5-2)23(26-17-6-3,19-9-13-21(24)14-10-19)20-11-15-22(25)16-12-20/h4-5,7-16,24-25H,1,6,17H2,2-3H3/b8-5-,18-7+. The number of rotatable bonds is 8. The summed E-state index contributed by atoms with van der Waals surface area (Å²) in [6.45, 7) is 8.41. The van der Waals surface area contributed by atoms with Gasteiger partial charge in [0.05, 0.1) is 0 Å². The molecule has 0 saturated carbocycles. The van der Waals surface area contributed by atoms with Gasteiger partial charge < -0.3 is 14.9 Å². The number of allylic oxidation sites excluding steroid dienone is 3. The summed E-state index contributed by atoms with van der Waals surface area (Å²) in [6.07, 6.45) is 8.47. The second-order valence-corrected chi connectivity index (χ2v) is 5.98. The second-order valence-electron chi connectivity index (χ2n) is 5.98. The first-order chi connectivity index (χ1) is 12.6. The molecule has 0 radical (unpaired) electrons. The van der Waals surface area contributed by atoms with Crippen molar-refractivity contribution < 1.29 is 14.9 Å². The average molecular weight is 350 g/mol. The zero-order chi connectivity index (χ0) is 19.0. The number of hydrogen-bond donors (Lipinski definition) is 2. The lowest BCUT2D eigenvalue weighted by molar-refractivity contribution is 0.0127. The van der Waals surface area contributed by atoms with E-state index in [1.54, 1.807) is 30.3 Å². The van der Waals surface area contributed by atoms with Gasteiger partial charge >= 0.3 is 0 Å². The summed E-state index contributed by atoms with van der Waals surface area (Å²) < 4.78 is 6.47. The lowest BCUT2D eigenvalue weighted by atomic mass is 9.79. The molecule has 26 heavy (non-hydrogen) atoms. The van der Waals surface area contributed by atoms with Gasteiger partial charge in [0.2, 0.25) is 0 Å². The van der Waals surface area contributed by atoms with Gasteiger partial charge in [-0.3, -0.25) is 0 Å². The van der Waals surface area contributed by atoms with Crippen molar-refractivity contribution in [2.75, 3.05) is 6.61 Å². The van der Waals surface area contributed by atoms with E-state index in [9.17, 15) is 10.2 Å². The van der Waals surface area contributed by atoms with Crippen molar-refractivity contribution in [3.05, 3.63) is 96.1 Å². The lowest BCUT2D eigenvalue weighted by Gasteiger charge is -2.36. The Labute approximate surface area is 155 Å². The SMILES string of the molecule is C=C/C=C(\C=C/C)C(OCCC)(c1ccc(O)cc1)c1ccc(O)cc1. The Hall–Kier alpha value is -2.78. The quantitative estimate of drug-likeness (QED) is 0.622. The Morgan fingerprint density at radius 3 is 1.88 bits per heavy atom. The molecule has 2 aromatic carbocycles. The zero-order valence-corrected chi connectivity index (χ0v) is 15.4. The Morgan fingerprint density at radius 2 is 1.50 bits per heavy atom. The molecule has 2 rings (SSSR count). The first kappa shape index (κ1) is 19.5. The highest BCUT2D eigenvalue weighted by Crippen LogP contribution is 2.42. The van der Waals surface area contributed by atoms with Crippen LogP contribution in [0.15, 0.2) is 85.0 Å². The molecular weight excluding hydrogens is 324 g/mol. The molecule has 2 N–H and O–H groups in total. The maximum atomic E-state index is 9.73. The Morgan fingerprint density at radius 1 is 1.00 bits per heavy atom. The largest absolute Gasteiger partial charge is 0.508 e. The molecule has 0 bridgehead atoms. The van der Waals surface area contributed by atoms with Crippen molar-refractivity contribution in [3.63, 3.8) is 0 Å². The van der Waals surface area contributed by atoms with E-state index in [0.717, 1.165) is 23.1 Å². The molecule has 0 aromatic heterocycles. The van der Waals surface area contributed by atoms with Crippen LogP contribution in [0.3, 0.4) is 0 Å². The van der Waals surface area contributed by atoms with Crippen molar-refractivity contribution >= 4 is 0 Å². The van der Waals surface area contributed by atoms with Crippen LogP contribution in [0.4, 0.5) is 0 Å². The van der Waals surface area contributed by atoms with E-state index in [2.05, 4.69) is 13.5 Å². The van der Waals surface area contributed by atoms with E-state index in [-0.39, 0.29) is 11.5 Å². The van der Waals surface area contributed by atoms with E-state index >= 15 is 0 Å². The van der Waals surface area contributed by atoms with Gasteiger partial charge in [-0.2, -0.15) is 0 Å². The van der Waals surface area contributed by atoms with Crippen molar-refractivity contribution in [1.29, 1.82) is 0 Å². The van der Waals surface area contributed by atoms with Gasteiger partial charge in [-0.25, -0.2) is 0 Å². The summed E-state index contributed by atoms with van der Waals surface area (Å²) in [5.74, 6) is 0.397. The Kier molecular flexibility index (Phi) is 6.81. The number of benzene rings is 2. The van der Waals surface area contributed by atoms with Crippen molar-refractivity contribution in [1.82, 2.24) is 0 Å². The molecule has 0 aliphatic carbocycles. The third kappa shape index (κ3) is 4.06. The summed E-state index contributed by atoms with van der Waals surface area (Å²) in [4.78, 5) is 0. The van der Waals surface area contributed by atoms with Crippen LogP contribution < -0.4 is 0 Å². The van der Waals surface area contributed by atoms with Gasteiger partial charge in [-0.1, -0.05) is 62.1 Å². The highest BCUT2D eigenvalue weighted by molar-refractivity contribution is 5.52.